The minimum absolute atomic E-state index is 0.358. The van der Waals surface area contributed by atoms with E-state index in [4.69, 9.17) is 9.68 Å². The molecule has 0 N–H and O–H groups in total. The second kappa shape index (κ2) is 5.81. The van der Waals surface area contributed by atoms with E-state index in [0.717, 1.165) is 22.1 Å². The summed E-state index contributed by atoms with van der Waals surface area (Å²) < 4.78 is 0. The lowest BCUT2D eigenvalue weighted by molar-refractivity contribution is 0.170. The maximum Gasteiger partial charge on any atom is 0.248 e. The highest BCUT2D eigenvalue weighted by Crippen LogP contribution is 2.18. The van der Waals surface area contributed by atoms with Gasteiger partial charge in [0.2, 0.25) is 5.88 Å². The predicted molar refractivity (Wildman–Crippen MR) is 91.3 cm³/mol. The fraction of sp³-hybridized carbons (Fsp3) is 0. The lowest BCUT2D eigenvalue weighted by Gasteiger charge is -2.06. The first-order valence-electron chi connectivity index (χ1n) is 7.80. The first-order chi connectivity index (χ1) is 12.9. The Bertz CT molecular complexity index is 1100. The number of para-hydroxylation sites is 2. The van der Waals surface area contributed by atoms with E-state index in [-0.39, 0.29) is 0 Å². The molecule has 3 heterocycles. The van der Waals surface area contributed by atoms with Gasteiger partial charge in [0.15, 0.2) is 5.75 Å². The summed E-state index contributed by atoms with van der Waals surface area (Å²) in [7, 11) is 0. The zero-order valence-electron chi connectivity index (χ0n) is 13.3. The van der Waals surface area contributed by atoms with Crippen LogP contribution in [0.1, 0.15) is 0 Å². The molecule has 0 saturated heterocycles. The van der Waals surface area contributed by atoms with Gasteiger partial charge in [-0.15, -0.1) is 10.2 Å². The highest BCUT2D eigenvalue weighted by molar-refractivity contribution is 5.74. The molecule has 0 aliphatic carbocycles. The molecule has 0 spiro atoms. The number of hydrogen-bond acceptors (Lipinski definition) is 7. The van der Waals surface area contributed by atoms with Crippen molar-refractivity contribution < 1.29 is 9.68 Å². The second-order valence-electron chi connectivity index (χ2n) is 5.42. The van der Waals surface area contributed by atoms with Crippen LogP contribution in [0, 0.1) is 0 Å². The van der Waals surface area contributed by atoms with E-state index in [1.807, 2.05) is 48.5 Å². The van der Waals surface area contributed by atoms with Gasteiger partial charge in [-0.25, -0.2) is 4.98 Å². The van der Waals surface area contributed by atoms with Gasteiger partial charge < -0.3 is 9.68 Å². The minimum Gasteiger partial charge on any atom is -0.354 e. The smallest absolute Gasteiger partial charge is 0.248 e. The number of rotatable bonds is 4. The molecule has 0 amide bonds. The van der Waals surface area contributed by atoms with E-state index in [2.05, 4.69) is 25.6 Å². The van der Waals surface area contributed by atoms with Gasteiger partial charge in [0.1, 0.15) is 22.1 Å². The Morgan fingerprint density at radius 2 is 1.27 bits per heavy atom. The van der Waals surface area contributed by atoms with E-state index >= 15 is 0 Å². The van der Waals surface area contributed by atoms with Gasteiger partial charge in [0.05, 0.1) is 6.20 Å². The van der Waals surface area contributed by atoms with Crippen LogP contribution in [0.4, 0.5) is 0 Å². The summed E-state index contributed by atoms with van der Waals surface area (Å²) in [5, 5.41) is 16.0. The van der Waals surface area contributed by atoms with Crippen molar-refractivity contribution >= 4 is 22.1 Å². The van der Waals surface area contributed by atoms with Crippen molar-refractivity contribution in [1.82, 2.24) is 35.3 Å². The van der Waals surface area contributed by atoms with Crippen molar-refractivity contribution in [3.8, 4) is 11.6 Å². The van der Waals surface area contributed by atoms with Crippen LogP contribution in [0.15, 0.2) is 66.9 Å². The van der Waals surface area contributed by atoms with Crippen molar-refractivity contribution in [2.45, 2.75) is 0 Å². The van der Waals surface area contributed by atoms with Gasteiger partial charge in [-0.2, -0.15) is 0 Å². The molecule has 9 heteroatoms. The summed E-state index contributed by atoms with van der Waals surface area (Å²) in [4.78, 5) is 18.2. The van der Waals surface area contributed by atoms with Crippen LogP contribution in [0.3, 0.4) is 0 Å². The number of nitrogens with zero attached hydrogens (tertiary/aromatic N) is 7. The molecule has 0 fully saturated rings. The first-order valence-corrected chi connectivity index (χ1v) is 7.80. The Morgan fingerprint density at radius 3 is 1.88 bits per heavy atom. The van der Waals surface area contributed by atoms with E-state index in [0.29, 0.717) is 11.6 Å². The lowest BCUT2D eigenvalue weighted by Crippen LogP contribution is -2.09. The van der Waals surface area contributed by atoms with E-state index in [1.54, 1.807) is 12.1 Å². The van der Waals surface area contributed by atoms with Gasteiger partial charge in [0.25, 0.3) is 0 Å². The summed E-state index contributed by atoms with van der Waals surface area (Å²) in [6, 6.07) is 18.4. The maximum absolute atomic E-state index is 5.68. The average Bonchev–Trinajstić information content (AvgIpc) is 3.28. The molecule has 0 bridgehead atoms. The van der Waals surface area contributed by atoms with Gasteiger partial charge in [-0.05, 0) is 40.8 Å². The third-order valence-corrected chi connectivity index (χ3v) is 3.72. The van der Waals surface area contributed by atoms with Crippen LogP contribution in [0.25, 0.3) is 22.1 Å². The summed E-state index contributed by atoms with van der Waals surface area (Å²) in [5.74, 6) is 0.855. The summed E-state index contributed by atoms with van der Waals surface area (Å²) in [5.41, 5.74) is 3.01. The van der Waals surface area contributed by atoms with Crippen LogP contribution in [0.2, 0.25) is 0 Å². The fourth-order valence-corrected chi connectivity index (χ4v) is 2.49. The van der Waals surface area contributed by atoms with Crippen LogP contribution < -0.4 is 9.68 Å². The zero-order chi connectivity index (χ0) is 17.3. The van der Waals surface area contributed by atoms with Crippen LogP contribution in [0.5, 0.6) is 11.6 Å². The molecule has 0 saturated carbocycles. The Hall–Kier alpha value is -4.01. The summed E-state index contributed by atoms with van der Waals surface area (Å²) >= 11 is 0. The van der Waals surface area contributed by atoms with Crippen molar-refractivity contribution in [2.24, 2.45) is 0 Å². The predicted octanol–water partition coefficient (Wildman–Crippen LogP) is 2.26. The Balaban J connectivity index is 1.37. The molecular formula is C17H11N7O2. The molecule has 5 aromatic rings. The summed E-state index contributed by atoms with van der Waals surface area (Å²) in [6.07, 6.45) is 1.53. The topological polar surface area (TPSA) is 92.8 Å². The SMILES string of the molecule is c1ccc2c(c1)nnn2Oc1ccc(On2nnc3ccccc32)nc1. The molecule has 0 radical (unpaired) electrons. The van der Waals surface area contributed by atoms with E-state index in [1.165, 1.54) is 15.9 Å². The molecule has 0 atom stereocenters. The Labute approximate surface area is 146 Å². The molecule has 3 aromatic heterocycles. The van der Waals surface area contributed by atoms with Crippen LogP contribution >= 0.6 is 0 Å². The first kappa shape index (κ1) is 14.3. The molecule has 5 rings (SSSR count). The summed E-state index contributed by atoms with van der Waals surface area (Å²) in [6.45, 7) is 0. The molecule has 0 aliphatic rings. The van der Waals surface area contributed by atoms with Gasteiger partial charge >= 0.3 is 0 Å². The van der Waals surface area contributed by atoms with E-state index < -0.39 is 0 Å². The third-order valence-electron chi connectivity index (χ3n) is 3.72. The average molecular weight is 345 g/mol. The highest BCUT2D eigenvalue weighted by Gasteiger charge is 2.08. The lowest BCUT2D eigenvalue weighted by atomic mass is 10.3. The van der Waals surface area contributed by atoms with Crippen molar-refractivity contribution in [2.75, 3.05) is 0 Å². The number of benzene rings is 2. The van der Waals surface area contributed by atoms with Crippen molar-refractivity contribution in [1.29, 1.82) is 0 Å². The van der Waals surface area contributed by atoms with Crippen molar-refractivity contribution in [3.63, 3.8) is 0 Å². The fourth-order valence-electron chi connectivity index (χ4n) is 2.49. The molecule has 2 aromatic carbocycles. The molecular weight excluding hydrogens is 334 g/mol. The van der Waals surface area contributed by atoms with Crippen LogP contribution in [-0.2, 0) is 0 Å². The molecule has 9 nitrogen and oxygen atoms in total. The standard InChI is InChI=1S/C17H11N7O2/c1-3-7-15-13(5-1)19-21-23(15)25-12-9-10-17(18-11-12)26-24-16-8-4-2-6-14(16)20-22-24/h1-11H. The molecule has 126 valence electrons. The minimum atomic E-state index is 0.358. The Kier molecular flexibility index (Phi) is 3.21. The number of hydrogen-bond donors (Lipinski definition) is 0. The molecule has 0 aliphatic heterocycles. The highest BCUT2D eigenvalue weighted by atomic mass is 16.7. The maximum atomic E-state index is 5.68. The molecule has 26 heavy (non-hydrogen) atoms. The molecule has 0 unspecified atom stereocenters. The second-order valence-corrected chi connectivity index (χ2v) is 5.42. The number of pyridine rings is 1. The van der Waals surface area contributed by atoms with E-state index in [9.17, 15) is 0 Å². The zero-order valence-corrected chi connectivity index (χ0v) is 13.3. The van der Waals surface area contributed by atoms with Gasteiger partial charge in [-0.3, -0.25) is 0 Å². The largest absolute Gasteiger partial charge is 0.354 e. The van der Waals surface area contributed by atoms with Crippen molar-refractivity contribution in [3.05, 3.63) is 66.9 Å². The Morgan fingerprint density at radius 1 is 0.654 bits per heavy atom. The van der Waals surface area contributed by atoms with Gasteiger partial charge in [0, 0.05) is 6.07 Å². The number of fused-ring (bicyclic) bond motifs is 2. The normalized spacial score (nSPS) is 11.1. The third kappa shape index (κ3) is 2.47. The quantitative estimate of drug-likeness (QED) is 0.493. The number of aromatic nitrogens is 7. The van der Waals surface area contributed by atoms with Gasteiger partial charge in [-0.1, -0.05) is 34.0 Å². The van der Waals surface area contributed by atoms with Crippen LogP contribution in [-0.4, -0.2) is 35.3 Å². The monoisotopic (exact) mass is 345 g/mol.